The van der Waals surface area contributed by atoms with Gasteiger partial charge in [0, 0.05) is 42.0 Å². The quantitative estimate of drug-likeness (QED) is 0.853. The van der Waals surface area contributed by atoms with Crippen LogP contribution in [0.15, 0.2) is 24.3 Å². The molecule has 0 bridgehead atoms. The van der Waals surface area contributed by atoms with Crippen LogP contribution >= 0.6 is 0 Å². The molecule has 2 aliphatic rings. The Hall–Kier alpha value is -1.60. The SMILES string of the molecule is CN(C(=O)Nc1ccccc1OC[C@H]1CCCCO1)C1CCS(=O)CC1. The van der Waals surface area contributed by atoms with Crippen LogP contribution in [0.25, 0.3) is 0 Å². The van der Waals surface area contributed by atoms with Crippen LogP contribution in [0.2, 0.25) is 0 Å². The van der Waals surface area contributed by atoms with Gasteiger partial charge in [-0.25, -0.2) is 4.79 Å². The molecule has 2 amide bonds. The van der Waals surface area contributed by atoms with Crippen molar-refractivity contribution >= 4 is 22.5 Å². The summed E-state index contributed by atoms with van der Waals surface area (Å²) < 4.78 is 23.1. The summed E-state index contributed by atoms with van der Waals surface area (Å²) in [5, 5.41) is 2.95. The molecular weight excluding hydrogens is 352 g/mol. The van der Waals surface area contributed by atoms with E-state index in [9.17, 15) is 9.00 Å². The van der Waals surface area contributed by atoms with Crippen LogP contribution in [0, 0.1) is 0 Å². The molecule has 1 atom stereocenters. The highest BCUT2D eigenvalue weighted by Gasteiger charge is 2.25. The molecular formula is C19H28N2O4S. The number of para-hydroxylation sites is 2. The zero-order valence-electron chi connectivity index (χ0n) is 15.3. The molecule has 0 spiro atoms. The highest BCUT2D eigenvalue weighted by molar-refractivity contribution is 7.85. The Bertz CT molecular complexity index is 624. The van der Waals surface area contributed by atoms with Crippen LogP contribution in [-0.4, -0.2) is 59.1 Å². The van der Waals surface area contributed by atoms with Gasteiger partial charge in [-0.1, -0.05) is 12.1 Å². The van der Waals surface area contributed by atoms with Crippen LogP contribution in [-0.2, 0) is 15.5 Å². The first-order valence-corrected chi connectivity index (χ1v) is 10.8. The Labute approximate surface area is 157 Å². The van der Waals surface area contributed by atoms with Gasteiger partial charge in [-0.2, -0.15) is 0 Å². The second kappa shape index (κ2) is 9.37. The summed E-state index contributed by atoms with van der Waals surface area (Å²) in [4.78, 5) is 14.3. The number of benzene rings is 1. The number of carbonyl (C=O) groups is 1. The van der Waals surface area contributed by atoms with E-state index in [1.807, 2.05) is 24.3 Å². The van der Waals surface area contributed by atoms with Crippen molar-refractivity contribution in [3.8, 4) is 5.75 Å². The number of hydrogen-bond acceptors (Lipinski definition) is 4. The number of anilines is 1. The van der Waals surface area contributed by atoms with E-state index >= 15 is 0 Å². The summed E-state index contributed by atoms with van der Waals surface area (Å²) in [5.41, 5.74) is 0.666. The van der Waals surface area contributed by atoms with Gasteiger partial charge in [0.1, 0.15) is 12.4 Å². The highest BCUT2D eigenvalue weighted by atomic mass is 32.2. The summed E-state index contributed by atoms with van der Waals surface area (Å²) >= 11 is 0. The van der Waals surface area contributed by atoms with Gasteiger partial charge in [-0.05, 0) is 44.2 Å². The van der Waals surface area contributed by atoms with Crippen LogP contribution in [0.4, 0.5) is 10.5 Å². The van der Waals surface area contributed by atoms with Gasteiger partial charge in [0.15, 0.2) is 0 Å². The maximum atomic E-state index is 12.6. The van der Waals surface area contributed by atoms with Crippen LogP contribution < -0.4 is 10.1 Å². The van der Waals surface area contributed by atoms with Crippen LogP contribution in [0.1, 0.15) is 32.1 Å². The third kappa shape index (κ3) is 5.20. The van der Waals surface area contributed by atoms with Crippen molar-refractivity contribution in [3.63, 3.8) is 0 Å². The van der Waals surface area contributed by atoms with Gasteiger partial charge in [0.05, 0.1) is 11.8 Å². The molecule has 144 valence electrons. The lowest BCUT2D eigenvalue weighted by atomic mass is 10.1. The standard InChI is InChI=1S/C19H28N2O4S/c1-21(15-9-12-26(23)13-10-15)19(22)20-17-7-2-3-8-18(17)25-14-16-6-4-5-11-24-16/h2-3,7-8,15-16H,4-6,9-14H2,1H3,(H,20,22)/t15?,16-,26?/m1/s1. The van der Waals surface area contributed by atoms with Gasteiger partial charge < -0.3 is 19.7 Å². The number of urea groups is 1. The molecule has 0 saturated carbocycles. The van der Waals surface area contributed by atoms with Crippen molar-refractivity contribution in [1.82, 2.24) is 4.90 Å². The number of amides is 2. The smallest absolute Gasteiger partial charge is 0.321 e. The van der Waals surface area contributed by atoms with Gasteiger partial charge in [0.25, 0.3) is 0 Å². The van der Waals surface area contributed by atoms with Gasteiger partial charge in [-0.3, -0.25) is 4.21 Å². The van der Waals surface area contributed by atoms with Crippen LogP contribution in [0.3, 0.4) is 0 Å². The maximum Gasteiger partial charge on any atom is 0.321 e. The largest absolute Gasteiger partial charge is 0.489 e. The van der Waals surface area contributed by atoms with E-state index in [2.05, 4.69) is 5.32 Å². The third-order valence-corrected chi connectivity index (χ3v) is 6.44. The number of nitrogens with zero attached hydrogens (tertiary/aromatic N) is 1. The fourth-order valence-electron chi connectivity index (χ4n) is 3.36. The second-order valence-electron chi connectivity index (χ2n) is 6.92. The normalized spacial score (nSPS) is 26.1. The molecule has 1 aromatic rings. The van der Waals surface area contributed by atoms with Gasteiger partial charge in [0.2, 0.25) is 0 Å². The number of hydrogen-bond donors (Lipinski definition) is 1. The molecule has 1 N–H and O–H groups in total. The molecule has 1 aromatic carbocycles. The summed E-state index contributed by atoms with van der Waals surface area (Å²) in [6, 6.07) is 7.46. The fraction of sp³-hybridized carbons (Fsp3) is 0.632. The molecule has 2 aliphatic heterocycles. The summed E-state index contributed by atoms with van der Waals surface area (Å²) in [6.45, 7) is 1.29. The van der Waals surface area contributed by atoms with Gasteiger partial charge in [-0.15, -0.1) is 0 Å². The zero-order chi connectivity index (χ0) is 18.4. The van der Waals surface area contributed by atoms with E-state index in [-0.39, 0.29) is 18.2 Å². The molecule has 0 radical (unpaired) electrons. The summed E-state index contributed by atoms with van der Waals surface area (Å²) in [7, 11) is 1.07. The Balaban J connectivity index is 1.56. The van der Waals surface area contributed by atoms with E-state index in [0.29, 0.717) is 29.5 Å². The van der Waals surface area contributed by atoms with Crippen LogP contribution in [0.5, 0.6) is 5.75 Å². The van der Waals surface area contributed by atoms with Crippen molar-refractivity contribution in [2.45, 2.75) is 44.2 Å². The number of rotatable bonds is 5. The minimum atomic E-state index is -0.728. The predicted molar refractivity (Wildman–Crippen MR) is 103 cm³/mol. The molecule has 2 heterocycles. The molecule has 7 heteroatoms. The molecule has 26 heavy (non-hydrogen) atoms. The van der Waals surface area contributed by atoms with E-state index < -0.39 is 10.8 Å². The Kier molecular flexibility index (Phi) is 6.91. The van der Waals surface area contributed by atoms with Crippen molar-refractivity contribution in [2.75, 3.05) is 37.1 Å². The Morgan fingerprint density at radius 1 is 1.27 bits per heavy atom. The average molecular weight is 381 g/mol. The lowest BCUT2D eigenvalue weighted by Crippen LogP contribution is -2.43. The fourth-order valence-corrected chi connectivity index (χ4v) is 4.63. The monoisotopic (exact) mass is 380 g/mol. The minimum absolute atomic E-state index is 0.123. The second-order valence-corrected chi connectivity index (χ2v) is 8.61. The van der Waals surface area contributed by atoms with E-state index in [1.165, 1.54) is 6.42 Å². The molecule has 6 nitrogen and oxygen atoms in total. The Morgan fingerprint density at radius 2 is 2.04 bits per heavy atom. The Morgan fingerprint density at radius 3 is 2.77 bits per heavy atom. The van der Waals surface area contributed by atoms with E-state index in [1.54, 1.807) is 11.9 Å². The van der Waals surface area contributed by atoms with Crippen molar-refractivity contribution in [1.29, 1.82) is 0 Å². The first-order chi connectivity index (χ1) is 12.6. The molecule has 0 aliphatic carbocycles. The lowest BCUT2D eigenvalue weighted by Gasteiger charge is -2.31. The number of carbonyl (C=O) groups excluding carboxylic acids is 1. The van der Waals surface area contributed by atoms with E-state index in [0.717, 1.165) is 32.3 Å². The molecule has 2 fully saturated rings. The molecule has 2 saturated heterocycles. The van der Waals surface area contributed by atoms with Crippen molar-refractivity contribution < 1.29 is 18.5 Å². The predicted octanol–water partition coefficient (Wildman–Crippen LogP) is 3.01. The number of nitrogens with one attached hydrogen (secondary N) is 1. The van der Waals surface area contributed by atoms with E-state index in [4.69, 9.17) is 9.47 Å². The topological polar surface area (TPSA) is 67.9 Å². The highest BCUT2D eigenvalue weighted by Crippen LogP contribution is 2.26. The maximum absolute atomic E-state index is 12.6. The van der Waals surface area contributed by atoms with Crippen molar-refractivity contribution in [3.05, 3.63) is 24.3 Å². The molecule has 3 rings (SSSR count). The first-order valence-electron chi connectivity index (χ1n) is 9.35. The number of ether oxygens (including phenoxy) is 2. The first kappa shape index (κ1) is 19.2. The zero-order valence-corrected chi connectivity index (χ0v) is 16.1. The third-order valence-electron chi connectivity index (χ3n) is 5.05. The van der Waals surface area contributed by atoms with Gasteiger partial charge >= 0.3 is 6.03 Å². The lowest BCUT2D eigenvalue weighted by molar-refractivity contribution is -0.0109. The summed E-state index contributed by atoms with van der Waals surface area (Å²) in [5.74, 6) is 2.00. The molecule has 0 aromatic heterocycles. The minimum Gasteiger partial charge on any atom is -0.489 e. The average Bonchev–Trinajstić information content (AvgIpc) is 2.68. The molecule has 0 unspecified atom stereocenters. The summed E-state index contributed by atoms with van der Waals surface area (Å²) in [6.07, 6.45) is 4.99. The van der Waals surface area contributed by atoms with Crippen molar-refractivity contribution in [2.24, 2.45) is 0 Å².